The van der Waals surface area contributed by atoms with Gasteiger partial charge in [-0.2, -0.15) is 0 Å². The second-order valence-corrected chi connectivity index (χ2v) is 4.70. The molecule has 0 saturated heterocycles. The number of amides is 1. The molecule has 1 aliphatic rings. The molecule has 0 unspecified atom stereocenters. The van der Waals surface area contributed by atoms with E-state index in [1.807, 2.05) is 6.07 Å². The van der Waals surface area contributed by atoms with E-state index >= 15 is 0 Å². The van der Waals surface area contributed by atoms with E-state index in [4.69, 9.17) is 0 Å². The van der Waals surface area contributed by atoms with Crippen molar-refractivity contribution >= 4 is 5.91 Å². The van der Waals surface area contributed by atoms with E-state index in [0.717, 1.165) is 17.9 Å². The summed E-state index contributed by atoms with van der Waals surface area (Å²) < 4.78 is 0. The zero-order valence-electron chi connectivity index (χ0n) is 9.73. The maximum atomic E-state index is 11.7. The van der Waals surface area contributed by atoms with E-state index in [9.17, 15) is 9.90 Å². The number of carbonyl (C=O) groups excluding carboxylic acids is 1. The van der Waals surface area contributed by atoms with E-state index in [1.54, 1.807) is 26.2 Å². The van der Waals surface area contributed by atoms with Gasteiger partial charge in [-0.3, -0.25) is 4.79 Å². The lowest BCUT2D eigenvalue weighted by molar-refractivity contribution is 0.0824. The van der Waals surface area contributed by atoms with Crippen LogP contribution >= 0.6 is 0 Å². The molecule has 1 N–H and O–H groups in total. The molecule has 0 aliphatic heterocycles. The van der Waals surface area contributed by atoms with Crippen molar-refractivity contribution in [2.75, 3.05) is 14.1 Å². The summed E-state index contributed by atoms with van der Waals surface area (Å²) in [5.41, 5.74) is 1.50. The number of hydrogen-bond acceptors (Lipinski definition) is 2. The molecule has 16 heavy (non-hydrogen) atoms. The number of aromatic hydroxyl groups is 1. The van der Waals surface area contributed by atoms with Crippen LogP contribution < -0.4 is 0 Å². The Morgan fingerprint density at radius 2 is 2.12 bits per heavy atom. The molecule has 1 aromatic rings. The van der Waals surface area contributed by atoms with Crippen molar-refractivity contribution < 1.29 is 9.90 Å². The third-order valence-electron chi connectivity index (χ3n) is 2.92. The smallest absolute Gasteiger partial charge is 0.257 e. The number of benzene rings is 1. The molecule has 1 amide bonds. The molecule has 0 bridgehead atoms. The third kappa shape index (κ3) is 2.35. The molecular formula is C13H17NO2. The van der Waals surface area contributed by atoms with Crippen molar-refractivity contribution in [1.82, 2.24) is 4.90 Å². The Morgan fingerprint density at radius 1 is 1.44 bits per heavy atom. The second-order valence-electron chi connectivity index (χ2n) is 4.70. The number of carbonyl (C=O) groups is 1. The van der Waals surface area contributed by atoms with Crippen LogP contribution in [0.25, 0.3) is 0 Å². The molecule has 86 valence electrons. The van der Waals surface area contributed by atoms with Gasteiger partial charge in [0.2, 0.25) is 0 Å². The normalized spacial score (nSPS) is 14.9. The Bertz CT molecular complexity index is 408. The van der Waals surface area contributed by atoms with Crippen LogP contribution in [-0.4, -0.2) is 30.0 Å². The van der Waals surface area contributed by atoms with E-state index < -0.39 is 0 Å². The zero-order chi connectivity index (χ0) is 11.7. The van der Waals surface area contributed by atoms with Crippen molar-refractivity contribution in [3.63, 3.8) is 0 Å². The van der Waals surface area contributed by atoms with Gasteiger partial charge in [-0.1, -0.05) is 6.07 Å². The van der Waals surface area contributed by atoms with Crippen LogP contribution in [0, 0.1) is 5.92 Å². The molecule has 0 radical (unpaired) electrons. The molecule has 1 saturated carbocycles. The first-order valence-electron chi connectivity index (χ1n) is 5.61. The second kappa shape index (κ2) is 4.16. The summed E-state index contributed by atoms with van der Waals surface area (Å²) >= 11 is 0. The average molecular weight is 219 g/mol. The van der Waals surface area contributed by atoms with Crippen molar-refractivity contribution in [3.05, 3.63) is 29.3 Å². The van der Waals surface area contributed by atoms with E-state index in [0.29, 0.717) is 5.56 Å². The van der Waals surface area contributed by atoms with Gasteiger partial charge in [0.05, 0.1) is 5.56 Å². The summed E-state index contributed by atoms with van der Waals surface area (Å²) in [5.74, 6) is 0.724. The van der Waals surface area contributed by atoms with Crippen LogP contribution in [0.3, 0.4) is 0 Å². The molecule has 0 aromatic heterocycles. The number of phenols is 1. The molecule has 1 aliphatic carbocycles. The van der Waals surface area contributed by atoms with Gasteiger partial charge < -0.3 is 10.0 Å². The Kier molecular flexibility index (Phi) is 2.86. The van der Waals surface area contributed by atoms with Gasteiger partial charge in [0.25, 0.3) is 5.91 Å². The van der Waals surface area contributed by atoms with Gasteiger partial charge in [-0.25, -0.2) is 0 Å². The Morgan fingerprint density at radius 3 is 2.62 bits per heavy atom. The van der Waals surface area contributed by atoms with Crippen LogP contribution in [-0.2, 0) is 6.42 Å². The van der Waals surface area contributed by atoms with Gasteiger partial charge in [0, 0.05) is 14.1 Å². The summed E-state index contributed by atoms with van der Waals surface area (Å²) in [7, 11) is 3.36. The fourth-order valence-corrected chi connectivity index (χ4v) is 1.78. The van der Waals surface area contributed by atoms with Crippen LogP contribution in [0.1, 0.15) is 28.8 Å². The van der Waals surface area contributed by atoms with Gasteiger partial charge in [0.1, 0.15) is 5.75 Å². The molecule has 1 fully saturated rings. The predicted molar refractivity (Wildman–Crippen MR) is 62.6 cm³/mol. The lowest BCUT2D eigenvalue weighted by Crippen LogP contribution is -2.21. The highest BCUT2D eigenvalue weighted by atomic mass is 16.3. The maximum Gasteiger partial charge on any atom is 0.257 e. The monoisotopic (exact) mass is 219 g/mol. The Labute approximate surface area is 95.7 Å². The summed E-state index contributed by atoms with van der Waals surface area (Å²) in [6, 6.07) is 5.37. The summed E-state index contributed by atoms with van der Waals surface area (Å²) in [5, 5.41) is 9.80. The molecular weight excluding hydrogens is 202 g/mol. The molecule has 0 spiro atoms. The predicted octanol–water partition coefficient (Wildman–Crippen LogP) is 2.05. The van der Waals surface area contributed by atoms with Crippen LogP contribution in [0.4, 0.5) is 0 Å². The third-order valence-corrected chi connectivity index (χ3v) is 2.92. The molecule has 0 heterocycles. The largest absolute Gasteiger partial charge is 0.507 e. The van der Waals surface area contributed by atoms with Crippen molar-refractivity contribution in [2.45, 2.75) is 19.3 Å². The highest BCUT2D eigenvalue weighted by Crippen LogP contribution is 2.33. The number of hydrogen-bond donors (Lipinski definition) is 1. The van der Waals surface area contributed by atoms with Crippen LogP contribution in [0.15, 0.2) is 18.2 Å². The number of nitrogens with zero attached hydrogens (tertiary/aromatic N) is 1. The van der Waals surface area contributed by atoms with E-state index in [-0.39, 0.29) is 11.7 Å². The Balaban J connectivity index is 2.18. The topological polar surface area (TPSA) is 40.5 Å². The van der Waals surface area contributed by atoms with Gasteiger partial charge in [-0.05, 0) is 42.9 Å². The SMILES string of the molecule is CN(C)C(=O)c1ccc(CC2CC2)cc1O. The molecule has 3 heteroatoms. The molecule has 1 aromatic carbocycles. The minimum atomic E-state index is -0.157. The maximum absolute atomic E-state index is 11.7. The van der Waals surface area contributed by atoms with Gasteiger partial charge in [-0.15, -0.1) is 0 Å². The zero-order valence-corrected chi connectivity index (χ0v) is 9.73. The summed E-state index contributed by atoms with van der Waals surface area (Å²) in [6.07, 6.45) is 3.60. The Hall–Kier alpha value is -1.51. The highest BCUT2D eigenvalue weighted by molar-refractivity contribution is 5.96. The first kappa shape index (κ1) is 11.0. The van der Waals surface area contributed by atoms with Gasteiger partial charge in [0.15, 0.2) is 0 Å². The standard InChI is InChI=1S/C13H17NO2/c1-14(2)13(16)11-6-5-10(8-12(11)15)7-9-3-4-9/h5-6,8-9,15H,3-4,7H2,1-2H3. The lowest BCUT2D eigenvalue weighted by atomic mass is 10.0. The number of phenolic OH excluding ortho intramolecular Hbond substituents is 1. The van der Waals surface area contributed by atoms with Crippen LogP contribution in [0.2, 0.25) is 0 Å². The molecule has 0 atom stereocenters. The van der Waals surface area contributed by atoms with E-state index in [2.05, 4.69) is 0 Å². The summed E-state index contributed by atoms with van der Waals surface area (Å²) in [6.45, 7) is 0. The fraction of sp³-hybridized carbons (Fsp3) is 0.462. The van der Waals surface area contributed by atoms with Crippen molar-refractivity contribution in [3.8, 4) is 5.75 Å². The average Bonchev–Trinajstić information content (AvgIpc) is 3.01. The lowest BCUT2D eigenvalue weighted by Gasteiger charge is -2.12. The summed E-state index contributed by atoms with van der Waals surface area (Å²) in [4.78, 5) is 13.1. The first-order chi connectivity index (χ1) is 7.58. The highest BCUT2D eigenvalue weighted by Gasteiger charge is 2.22. The van der Waals surface area contributed by atoms with Crippen LogP contribution in [0.5, 0.6) is 5.75 Å². The first-order valence-corrected chi connectivity index (χ1v) is 5.61. The number of rotatable bonds is 3. The quantitative estimate of drug-likeness (QED) is 0.845. The fourth-order valence-electron chi connectivity index (χ4n) is 1.78. The minimum Gasteiger partial charge on any atom is -0.507 e. The molecule has 3 nitrogen and oxygen atoms in total. The van der Waals surface area contributed by atoms with Gasteiger partial charge >= 0.3 is 0 Å². The van der Waals surface area contributed by atoms with Crippen molar-refractivity contribution in [1.29, 1.82) is 0 Å². The van der Waals surface area contributed by atoms with Crippen molar-refractivity contribution in [2.24, 2.45) is 5.92 Å². The minimum absolute atomic E-state index is 0.0943. The van der Waals surface area contributed by atoms with E-state index in [1.165, 1.54) is 17.7 Å². The molecule has 2 rings (SSSR count).